The third-order valence-electron chi connectivity index (χ3n) is 2.55. The maximum Gasteiger partial charge on any atom is 0.167 e. The molecule has 0 fully saturated rings. The van der Waals surface area contributed by atoms with Gasteiger partial charge in [-0.1, -0.05) is 34.1 Å². The summed E-state index contributed by atoms with van der Waals surface area (Å²) < 4.78 is 14.3. The maximum atomic E-state index is 13.1. The zero-order valence-electron chi connectivity index (χ0n) is 9.29. The minimum absolute atomic E-state index is 0.0393. The number of carbonyl (C=O) groups excluding carboxylic acids is 1. The van der Waals surface area contributed by atoms with Gasteiger partial charge in [-0.2, -0.15) is 0 Å². The monoisotopic (exact) mass is 370 g/mol. The van der Waals surface area contributed by atoms with Crippen LogP contribution in [0.15, 0.2) is 51.4 Å². The Hall–Kier alpha value is -1.00. The molecule has 0 saturated heterocycles. The second kappa shape index (κ2) is 5.76. The van der Waals surface area contributed by atoms with Gasteiger partial charge in [-0.25, -0.2) is 4.39 Å². The molecule has 0 radical (unpaired) electrons. The highest BCUT2D eigenvalue weighted by atomic mass is 79.9. The van der Waals surface area contributed by atoms with Crippen LogP contribution in [0.4, 0.5) is 4.39 Å². The van der Waals surface area contributed by atoms with E-state index in [1.54, 1.807) is 0 Å². The van der Waals surface area contributed by atoms with Gasteiger partial charge < -0.3 is 0 Å². The molecule has 2 aromatic rings. The fourth-order valence-corrected chi connectivity index (χ4v) is 2.39. The van der Waals surface area contributed by atoms with Gasteiger partial charge in [0.1, 0.15) is 5.82 Å². The molecule has 0 aliphatic carbocycles. The third kappa shape index (κ3) is 3.06. The molecule has 0 spiro atoms. The van der Waals surface area contributed by atoms with Crippen molar-refractivity contribution in [2.45, 2.75) is 6.42 Å². The minimum atomic E-state index is -0.368. The smallest absolute Gasteiger partial charge is 0.167 e. The summed E-state index contributed by atoms with van der Waals surface area (Å²) in [4.78, 5) is 12.1. The van der Waals surface area contributed by atoms with Crippen molar-refractivity contribution in [2.24, 2.45) is 0 Å². The topological polar surface area (TPSA) is 17.1 Å². The molecule has 0 heterocycles. The van der Waals surface area contributed by atoms with E-state index in [0.29, 0.717) is 16.5 Å². The molecule has 1 nitrogen and oxygen atoms in total. The molecule has 0 aromatic heterocycles. The van der Waals surface area contributed by atoms with Crippen LogP contribution in [0.5, 0.6) is 0 Å². The van der Waals surface area contributed by atoms with Crippen LogP contribution in [0.3, 0.4) is 0 Å². The lowest BCUT2D eigenvalue weighted by molar-refractivity contribution is 0.0992. The largest absolute Gasteiger partial charge is 0.294 e. The molecule has 0 aliphatic rings. The fourth-order valence-electron chi connectivity index (χ4n) is 1.59. The van der Waals surface area contributed by atoms with E-state index in [0.717, 1.165) is 10.0 Å². The van der Waals surface area contributed by atoms with Crippen molar-refractivity contribution in [3.63, 3.8) is 0 Å². The van der Waals surface area contributed by atoms with Gasteiger partial charge in [-0.05, 0) is 45.8 Å². The van der Waals surface area contributed by atoms with Gasteiger partial charge in [-0.3, -0.25) is 4.79 Å². The molecule has 0 aliphatic heterocycles. The number of hydrogen-bond acceptors (Lipinski definition) is 1. The second-order valence-electron chi connectivity index (χ2n) is 3.82. The van der Waals surface area contributed by atoms with Crippen molar-refractivity contribution >= 4 is 37.6 Å². The van der Waals surface area contributed by atoms with Crippen molar-refractivity contribution in [3.8, 4) is 0 Å². The molecule has 2 rings (SSSR count). The van der Waals surface area contributed by atoms with Gasteiger partial charge in [0, 0.05) is 16.5 Å². The minimum Gasteiger partial charge on any atom is -0.294 e. The number of ketones is 1. The van der Waals surface area contributed by atoms with Crippen LogP contribution in [0.2, 0.25) is 0 Å². The summed E-state index contributed by atoms with van der Waals surface area (Å²) >= 11 is 6.48. The Kier molecular flexibility index (Phi) is 4.30. The summed E-state index contributed by atoms with van der Waals surface area (Å²) in [5.41, 5.74) is 1.42. The molecule has 18 heavy (non-hydrogen) atoms. The lowest BCUT2D eigenvalue weighted by Gasteiger charge is -2.04. The van der Waals surface area contributed by atoms with Gasteiger partial charge in [-0.15, -0.1) is 0 Å². The van der Waals surface area contributed by atoms with Crippen LogP contribution < -0.4 is 0 Å². The van der Waals surface area contributed by atoms with Crippen LogP contribution in [-0.4, -0.2) is 5.78 Å². The molecule has 0 amide bonds. The van der Waals surface area contributed by atoms with Gasteiger partial charge in [0.2, 0.25) is 0 Å². The van der Waals surface area contributed by atoms with Gasteiger partial charge in [0.15, 0.2) is 5.78 Å². The van der Waals surface area contributed by atoms with Crippen molar-refractivity contribution < 1.29 is 9.18 Å². The average molecular weight is 372 g/mol. The van der Waals surface area contributed by atoms with Crippen LogP contribution in [-0.2, 0) is 6.42 Å². The highest BCUT2D eigenvalue weighted by Crippen LogP contribution is 2.21. The van der Waals surface area contributed by atoms with Crippen LogP contribution in [0.1, 0.15) is 15.9 Å². The number of benzene rings is 2. The molecule has 0 atom stereocenters. The first-order valence-electron chi connectivity index (χ1n) is 5.29. The number of Topliss-reactive ketones (excluding diaryl/α,β-unsaturated/α-hetero) is 1. The Bertz CT molecular complexity index is 596. The zero-order chi connectivity index (χ0) is 13.1. The van der Waals surface area contributed by atoms with E-state index in [2.05, 4.69) is 31.9 Å². The summed E-state index contributed by atoms with van der Waals surface area (Å²) in [6.45, 7) is 0. The SMILES string of the molecule is O=C(Cc1ccccc1Br)c1ccc(F)c(Br)c1. The zero-order valence-corrected chi connectivity index (χ0v) is 12.5. The predicted octanol–water partition coefficient (Wildman–Crippen LogP) is 4.78. The molecular weight excluding hydrogens is 363 g/mol. The van der Waals surface area contributed by atoms with E-state index in [1.807, 2.05) is 24.3 Å². The van der Waals surface area contributed by atoms with Gasteiger partial charge in [0.05, 0.1) is 4.47 Å². The predicted molar refractivity (Wildman–Crippen MR) is 76.3 cm³/mol. The lowest BCUT2D eigenvalue weighted by Crippen LogP contribution is -2.04. The van der Waals surface area contributed by atoms with Gasteiger partial charge >= 0.3 is 0 Å². The number of carbonyl (C=O) groups is 1. The molecule has 0 saturated carbocycles. The summed E-state index contributed by atoms with van der Waals surface area (Å²) in [7, 11) is 0. The third-order valence-corrected chi connectivity index (χ3v) is 3.93. The van der Waals surface area contributed by atoms with Crippen molar-refractivity contribution in [3.05, 3.63) is 68.4 Å². The van der Waals surface area contributed by atoms with E-state index in [1.165, 1.54) is 18.2 Å². The molecule has 0 N–H and O–H groups in total. The first-order chi connectivity index (χ1) is 8.58. The standard InChI is InChI=1S/C14H9Br2FO/c15-11-4-2-1-3-9(11)8-14(18)10-5-6-13(17)12(16)7-10/h1-7H,8H2. The maximum absolute atomic E-state index is 13.1. The van der Waals surface area contributed by atoms with E-state index in [9.17, 15) is 9.18 Å². The Balaban J connectivity index is 2.22. The normalized spacial score (nSPS) is 10.4. The average Bonchev–Trinajstić information content (AvgIpc) is 2.35. The van der Waals surface area contributed by atoms with Crippen LogP contribution in [0.25, 0.3) is 0 Å². The number of halogens is 3. The Morgan fingerprint density at radius 3 is 2.44 bits per heavy atom. The first kappa shape index (κ1) is 13.4. The van der Waals surface area contributed by atoms with Crippen LogP contribution in [0, 0.1) is 5.82 Å². The fraction of sp³-hybridized carbons (Fsp3) is 0.0714. The summed E-state index contributed by atoms with van der Waals surface area (Å²) in [6.07, 6.45) is 0.291. The highest BCUT2D eigenvalue weighted by Gasteiger charge is 2.11. The molecular formula is C14H9Br2FO. The number of hydrogen-bond donors (Lipinski definition) is 0. The number of rotatable bonds is 3. The molecule has 2 aromatic carbocycles. The molecule has 92 valence electrons. The van der Waals surface area contributed by atoms with Crippen molar-refractivity contribution in [1.82, 2.24) is 0 Å². The molecule has 0 unspecified atom stereocenters. The van der Waals surface area contributed by atoms with E-state index < -0.39 is 0 Å². The summed E-state index contributed by atoms with van der Waals surface area (Å²) in [6, 6.07) is 11.9. The summed E-state index contributed by atoms with van der Waals surface area (Å²) in [5.74, 6) is -0.407. The molecule has 4 heteroatoms. The van der Waals surface area contributed by atoms with E-state index in [-0.39, 0.29) is 11.6 Å². The van der Waals surface area contributed by atoms with E-state index in [4.69, 9.17) is 0 Å². The van der Waals surface area contributed by atoms with Crippen molar-refractivity contribution in [1.29, 1.82) is 0 Å². The van der Waals surface area contributed by atoms with Crippen molar-refractivity contribution in [2.75, 3.05) is 0 Å². The van der Waals surface area contributed by atoms with Crippen LogP contribution >= 0.6 is 31.9 Å². The van der Waals surface area contributed by atoms with E-state index >= 15 is 0 Å². The summed E-state index contributed by atoms with van der Waals surface area (Å²) in [5, 5.41) is 0. The Morgan fingerprint density at radius 2 is 1.78 bits per heavy atom. The first-order valence-corrected chi connectivity index (χ1v) is 6.88. The Labute approximate surface area is 121 Å². The lowest BCUT2D eigenvalue weighted by atomic mass is 10.0. The Morgan fingerprint density at radius 1 is 1.06 bits per heavy atom. The quantitative estimate of drug-likeness (QED) is 0.710. The molecule has 0 bridgehead atoms. The van der Waals surface area contributed by atoms with Gasteiger partial charge in [0.25, 0.3) is 0 Å². The highest BCUT2D eigenvalue weighted by molar-refractivity contribution is 9.10. The second-order valence-corrected chi connectivity index (χ2v) is 5.53.